The minimum atomic E-state index is -1.85. The highest BCUT2D eigenvalue weighted by Crippen LogP contribution is 2.28. The summed E-state index contributed by atoms with van der Waals surface area (Å²) in [5.41, 5.74) is -0.452. The molecular formula is C14H8Cl2F2O2S. The van der Waals surface area contributed by atoms with E-state index in [9.17, 15) is 17.8 Å². The van der Waals surface area contributed by atoms with Crippen LogP contribution in [0.3, 0.4) is 0 Å². The standard InChI is InChI=1S/C14H8Cl2F2O2S/c15-10-2-1-3-11(16)14(10)21(20)7-13(19)9-6-8(17)4-5-12(9)18/h1-6H,7H2. The maximum atomic E-state index is 13.5. The number of carbonyl (C=O) groups is 1. The lowest BCUT2D eigenvalue weighted by atomic mass is 10.1. The Bertz CT molecular complexity index is 715. The molecular weight excluding hydrogens is 341 g/mol. The number of carbonyl (C=O) groups excluding carboxylic acids is 1. The van der Waals surface area contributed by atoms with Crippen molar-refractivity contribution in [3.63, 3.8) is 0 Å². The second-order valence-electron chi connectivity index (χ2n) is 4.09. The van der Waals surface area contributed by atoms with Gasteiger partial charge in [-0.05, 0) is 30.3 Å². The monoisotopic (exact) mass is 348 g/mol. The van der Waals surface area contributed by atoms with Crippen molar-refractivity contribution in [1.82, 2.24) is 0 Å². The van der Waals surface area contributed by atoms with Gasteiger partial charge in [-0.15, -0.1) is 0 Å². The van der Waals surface area contributed by atoms with Crippen LogP contribution in [0.25, 0.3) is 0 Å². The lowest BCUT2D eigenvalue weighted by Crippen LogP contribution is -2.13. The molecule has 2 nitrogen and oxygen atoms in total. The van der Waals surface area contributed by atoms with Crippen LogP contribution in [0.4, 0.5) is 8.78 Å². The molecule has 0 aliphatic rings. The first kappa shape index (κ1) is 16.1. The lowest BCUT2D eigenvalue weighted by Gasteiger charge is -2.07. The predicted molar refractivity (Wildman–Crippen MR) is 78.4 cm³/mol. The van der Waals surface area contributed by atoms with Gasteiger partial charge in [0.05, 0.1) is 37.1 Å². The first-order valence-corrected chi connectivity index (χ1v) is 7.78. The molecule has 0 aromatic heterocycles. The summed E-state index contributed by atoms with van der Waals surface area (Å²) >= 11 is 11.8. The molecule has 0 saturated carbocycles. The Morgan fingerprint density at radius 3 is 2.33 bits per heavy atom. The average molecular weight is 349 g/mol. The molecule has 2 rings (SSSR count). The Hall–Kier alpha value is -1.30. The second-order valence-corrected chi connectivity index (χ2v) is 6.29. The topological polar surface area (TPSA) is 34.1 Å². The number of Topliss-reactive ketones (excluding diaryl/α,β-unsaturated/α-hetero) is 1. The zero-order valence-corrected chi connectivity index (χ0v) is 12.7. The summed E-state index contributed by atoms with van der Waals surface area (Å²) in [4.78, 5) is 12.0. The van der Waals surface area contributed by atoms with Crippen LogP contribution in [0.1, 0.15) is 10.4 Å². The van der Waals surface area contributed by atoms with Gasteiger partial charge < -0.3 is 0 Å². The largest absolute Gasteiger partial charge is 0.293 e. The van der Waals surface area contributed by atoms with Gasteiger partial charge in [0.1, 0.15) is 11.6 Å². The molecule has 21 heavy (non-hydrogen) atoms. The summed E-state index contributed by atoms with van der Waals surface area (Å²) in [6, 6.07) is 7.03. The zero-order chi connectivity index (χ0) is 15.6. The smallest absolute Gasteiger partial charge is 0.178 e. The quantitative estimate of drug-likeness (QED) is 0.773. The number of halogens is 4. The molecule has 0 saturated heterocycles. The number of benzene rings is 2. The first-order chi connectivity index (χ1) is 9.90. The summed E-state index contributed by atoms with van der Waals surface area (Å²) in [5, 5.41) is 0.293. The Balaban J connectivity index is 2.27. The molecule has 0 fully saturated rings. The van der Waals surface area contributed by atoms with Gasteiger partial charge in [0.15, 0.2) is 5.78 Å². The number of ketones is 1. The van der Waals surface area contributed by atoms with Crippen molar-refractivity contribution in [2.75, 3.05) is 5.75 Å². The van der Waals surface area contributed by atoms with E-state index in [4.69, 9.17) is 23.2 Å². The predicted octanol–water partition coefficient (Wildman–Crippen LogP) is 4.26. The van der Waals surface area contributed by atoms with Crippen LogP contribution in [-0.2, 0) is 10.8 Å². The maximum Gasteiger partial charge on any atom is 0.178 e. The normalized spacial score (nSPS) is 12.2. The fourth-order valence-corrected chi connectivity index (χ4v) is 3.70. The summed E-state index contributed by atoms with van der Waals surface area (Å²) in [6.07, 6.45) is 0. The van der Waals surface area contributed by atoms with Crippen molar-refractivity contribution in [1.29, 1.82) is 0 Å². The van der Waals surface area contributed by atoms with E-state index in [-0.39, 0.29) is 14.9 Å². The summed E-state index contributed by atoms with van der Waals surface area (Å²) in [5.74, 6) is -2.95. The van der Waals surface area contributed by atoms with E-state index >= 15 is 0 Å². The lowest BCUT2D eigenvalue weighted by molar-refractivity contribution is 0.101. The van der Waals surface area contributed by atoms with E-state index in [1.54, 1.807) is 6.07 Å². The number of hydrogen-bond acceptors (Lipinski definition) is 2. The molecule has 1 atom stereocenters. The fourth-order valence-electron chi connectivity index (χ4n) is 1.68. The molecule has 2 aromatic rings. The molecule has 0 amide bonds. The van der Waals surface area contributed by atoms with Gasteiger partial charge in [-0.1, -0.05) is 29.3 Å². The van der Waals surface area contributed by atoms with Crippen LogP contribution in [0.5, 0.6) is 0 Å². The van der Waals surface area contributed by atoms with Gasteiger partial charge in [0, 0.05) is 0 Å². The summed E-state index contributed by atoms with van der Waals surface area (Å²) in [7, 11) is -1.85. The zero-order valence-electron chi connectivity index (χ0n) is 10.4. The molecule has 0 radical (unpaired) electrons. The molecule has 0 heterocycles. The van der Waals surface area contributed by atoms with Crippen LogP contribution in [-0.4, -0.2) is 15.7 Å². The van der Waals surface area contributed by atoms with Gasteiger partial charge in [0.25, 0.3) is 0 Å². The highest BCUT2D eigenvalue weighted by atomic mass is 35.5. The third-order valence-electron chi connectivity index (χ3n) is 2.64. The van der Waals surface area contributed by atoms with E-state index in [0.29, 0.717) is 0 Å². The third-order valence-corrected chi connectivity index (χ3v) is 4.91. The molecule has 0 bridgehead atoms. The summed E-state index contributed by atoms with van der Waals surface area (Å²) < 4.78 is 38.7. The van der Waals surface area contributed by atoms with Crippen molar-refractivity contribution in [2.24, 2.45) is 0 Å². The Morgan fingerprint density at radius 1 is 1.10 bits per heavy atom. The fraction of sp³-hybridized carbons (Fsp3) is 0.0714. The molecule has 1 unspecified atom stereocenters. The Kier molecular flexibility index (Phi) is 5.08. The van der Waals surface area contributed by atoms with Gasteiger partial charge in [-0.3, -0.25) is 9.00 Å². The van der Waals surface area contributed by atoms with E-state index in [1.807, 2.05) is 0 Å². The molecule has 7 heteroatoms. The first-order valence-electron chi connectivity index (χ1n) is 5.71. The van der Waals surface area contributed by atoms with Crippen molar-refractivity contribution >= 4 is 39.8 Å². The highest BCUT2D eigenvalue weighted by Gasteiger charge is 2.20. The molecule has 0 N–H and O–H groups in total. The van der Waals surface area contributed by atoms with E-state index < -0.39 is 39.5 Å². The Morgan fingerprint density at radius 2 is 1.71 bits per heavy atom. The van der Waals surface area contributed by atoms with E-state index in [1.165, 1.54) is 12.1 Å². The second kappa shape index (κ2) is 6.64. The van der Waals surface area contributed by atoms with Gasteiger partial charge in [-0.2, -0.15) is 0 Å². The Labute approximate surface area is 132 Å². The van der Waals surface area contributed by atoms with Crippen molar-refractivity contribution in [3.8, 4) is 0 Å². The minimum absolute atomic E-state index is 0.103. The van der Waals surface area contributed by atoms with Gasteiger partial charge >= 0.3 is 0 Å². The SMILES string of the molecule is O=C(CS(=O)c1c(Cl)cccc1Cl)c1cc(F)ccc1F. The maximum absolute atomic E-state index is 13.5. The molecule has 0 aliphatic heterocycles. The van der Waals surface area contributed by atoms with Crippen molar-refractivity contribution in [2.45, 2.75) is 4.90 Å². The number of hydrogen-bond donors (Lipinski definition) is 0. The van der Waals surface area contributed by atoms with Crippen molar-refractivity contribution < 1.29 is 17.8 Å². The van der Waals surface area contributed by atoms with Gasteiger partial charge in [-0.25, -0.2) is 8.78 Å². The average Bonchev–Trinajstić information content (AvgIpc) is 2.41. The highest BCUT2D eigenvalue weighted by molar-refractivity contribution is 7.86. The minimum Gasteiger partial charge on any atom is -0.293 e. The molecule has 0 aliphatic carbocycles. The van der Waals surface area contributed by atoms with Crippen LogP contribution in [0.15, 0.2) is 41.3 Å². The van der Waals surface area contributed by atoms with E-state index in [2.05, 4.69) is 0 Å². The molecule has 0 spiro atoms. The number of rotatable bonds is 4. The van der Waals surface area contributed by atoms with Crippen LogP contribution in [0.2, 0.25) is 10.0 Å². The van der Waals surface area contributed by atoms with Crippen molar-refractivity contribution in [3.05, 3.63) is 63.6 Å². The molecule has 110 valence electrons. The van der Waals surface area contributed by atoms with Crippen LogP contribution in [0, 0.1) is 11.6 Å². The van der Waals surface area contributed by atoms with E-state index in [0.717, 1.165) is 18.2 Å². The van der Waals surface area contributed by atoms with Crippen LogP contribution >= 0.6 is 23.2 Å². The third kappa shape index (κ3) is 3.67. The van der Waals surface area contributed by atoms with Crippen LogP contribution < -0.4 is 0 Å². The summed E-state index contributed by atoms with van der Waals surface area (Å²) in [6.45, 7) is 0. The van der Waals surface area contributed by atoms with Gasteiger partial charge in [0.2, 0.25) is 0 Å². The molecule has 2 aromatic carbocycles.